The second-order valence-electron chi connectivity index (χ2n) is 4.54. The lowest BCUT2D eigenvalue weighted by molar-refractivity contribution is 0.0997. The van der Waals surface area contributed by atoms with Gasteiger partial charge in [-0.3, -0.25) is 4.79 Å². The fraction of sp³-hybridized carbons (Fsp3) is 0.417. The minimum absolute atomic E-state index is 0.00188. The molecule has 0 radical (unpaired) electrons. The third kappa shape index (κ3) is 3.30. The Morgan fingerprint density at radius 3 is 2.41 bits per heavy atom. The van der Waals surface area contributed by atoms with Gasteiger partial charge in [0.2, 0.25) is 5.91 Å². The standard InChI is InChI=1S/C12H17NO3S/c1-8(2)7-17(15,16)11-5-4-9(3)6-10(11)12(13)14/h4-6,8H,7H2,1-3H3,(H2,13,14). The molecule has 1 amide bonds. The van der Waals surface area contributed by atoms with E-state index in [2.05, 4.69) is 0 Å². The lowest BCUT2D eigenvalue weighted by atomic mass is 10.1. The molecule has 1 aromatic rings. The first-order chi connectivity index (χ1) is 7.74. The molecule has 0 atom stereocenters. The Bertz CT molecular complexity index is 533. The summed E-state index contributed by atoms with van der Waals surface area (Å²) in [7, 11) is -3.45. The maximum atomic E-state index is 12.1. The van der Waals surface area contributed by atoms with Crippen molar-refractivity contribution in [2.45, 2.75) is 25.7 Å². The molecular weight excluding hydrogens is 238 g/mol. The summed E-state index contributed by atoms with van der Waals surface area (Å²) < 4.78 is 24.1. The second-order valence-corrected chi connectivity index (χ2v) is 6.54. The van der Waals surface area contributed by atoms with Crippen LogP contribution in [0.2, 0.25) is 0 Å². The molecule has 0 bridgehead atoms. The number of nitrogens with two attached hydrogens (primary N) is 1. The number of aryl methyl sites for hydroxylation is 1. The smallest absolute Gasteiger partial charge is 0.250 e. The van der Waals surface area contributed by atoms with Crippen LogP contribution in [0.25, 0.3) is 0 Å². The van der Waals surface area contributed by atoms with Gasteiger partial charge in [0, 0.05) is 0 Å². The van der Waals surface area contributed by atoms with Gasteiger partial charge in [0.1, 0.15) is 0 Å². The zero-order valence-electron chi connectivity index (χ0n) is 10.2. The molecule has 0 aliphatic carbocycles. The minimum atomic E-state index is -3.45. The maximum absolute atomic E-state index is 12.1. The number of hydrogen-bond acceptors (Lipinski definition) is 3. The van der Waals surface area contributed by atoms with Crippen molar-refractivity contribution in [3.63, 3.8) is 0 Å². The Morgan fingerprint density at radius 1 is 1.35 bits per heavy atom. The Morgan fingerprint density at radius 2 is 1.94 bits per heavy atom. The molecule has 1 rings (SSSR count). The zero-order chi connectivity index (χ0) is 13.2. The molecule has 5 heteroatoms. The van der Waals surface area contributed by atoms with Crippen LogP contribution in [0, 0.1) is 12.8 Å². The van der Waals surface area contributed by atoms with Crippen molar-refractivity contribution in [3.8, 4) is 0 Å². The molecule has 0 aromatic heterocycles. The van der Waals surface area contributed by atoms with Crippen molar-refractivity contribution in [2.75, 3.05) is 5.75 Å². The van der Waals surface area contributed by atoms with Crippen molar-refractivity contribution in [1.82, 2.24) is 0 Å². The summed E-state index contributed by atoms with van der Waals surface area (Å²) in [5, 5.41) is 0. The number of carbonyl (C=O) groups is 1. The van der Waals surface area contributed by atoms with Gasteiger partial charge in [0.15, 0.2) is 9.84 Å². The van der Waals surface area contributed by atoms with Crippen molar-refractivity contribution >= 4 is 15.7 Å². The molecule has 0 unspecified atom stereocenters. The van der Waals surface area contributed by atoms with Gasteiger partial charge >= 0.3 is 0 Å². The molecule has 0 saturated heterocycles. The molecule has 17 heavy (non-hydrogen) atoms. The highest BCUT2D eigenvalue weighted by Crippen LogP contribution is 2.20. The van der Waals surface area contributed by atoms with Crippen LogP contribution in [0.3, 0.4) is 0 Å². The summed E-state index contributed by atoms with van der Waals surface area (Å²) in [4.78, 5) is 11.3. The van der Waals surface area contributed by atoms with E-state index in [1.54, 1.807) is 13.0 Å². The van der Waals surface area contributed by atoms with Crippen LogP contribution in [0.5, 0.6) is 0 Å². The van der Waals surface area contributed by atoms with E-state index in [0.29, 0.717) is 0 Å². The van der Waals surface area contributed by atoms with Crippen LogP contribution < -0.4 is 5.73 Å². The summed E-state index contributed by atoms with van der Waals surface area (Å²) in [6, 6.07) is 4.63. The van der Waals surface area contributed by atoms with E-state index >= 15 is 0 Å². The molecule has 0 fully saturated rings. The third-order valence-electron chi connectivity index (χ3n) is 2.29. The van der Waals surface area contributed by atoms with E-state index in [-0.39, 0.29) is 22.1 Å². The molecular formula is C12H17NO3S. The van der Waals surface area contributed by atoms with Crippen LogP contribution in [0.15, 0.2) is 23.1 Å². The van der Waals surface area contributed by atoms with Gasteiger partial charge in [0.05, 0.1) is 16.2 Å². The molecule has 4 nitrogen and oxygen atoms in total. The van der Waals surface area contributed by atoms with Gasteiger partial charge in [-0.25, -0.2) is 8.42 Å². The third-order valence-corrected chi connectivity index (χ3v) is 4.42. The van der Waals surface area contributed by atoms with E-state index in [0.717, 1.165) is 5.56 Å². The number of primary amides is 1. The van der Waals surface area contributed by atoms with Crippen LogP contribution in [-0.4, -0.2) is 20.1 Å². The molecule has 0 heterocycles. The highest BCUT2D eigenvalue weighted by Gasteiger charge is 2.22. The SMILES string of the molecule is Cc1ccc(S(=O)(=O)CC(C)C)c(C(N)=O)c1. The first-order valence-electron chi connectivity index (χ1n) is 5.37. The van der Waals surface area contributed by atoms with Gasteiger partial charge in [-0.1, -0.05) is 25.5 Å². The fourth-order valence-electron chi connectivity index (χ4n) is 1.64. The summed E-state index contributed by atoms with van der Waals surface area (Å²) >= 11 is 0. The number of hydrogen-bond donors (Lipinski definition) is 1. The van der Waals surface area contributed by atoms with E-state index in [9.17, 15) is 13.2 Å². The number of rotatable bonds is 4. The number of amides is 1. The average Bonchev–Trinajstić information content (AvgIpc) is 2.14. The van der Waals surface area contributed by atoms with Gasteiger partial charge in [0.25, 0.3) is 0 Å². The van der Waals surface area contributed by atoms with Crippen LogP contribution in [0.1, 0.15) is 29.8 Å². The topological polar surface area (TPSA) is 77.2 Å². The van der Waals surface area contributed by atoms with E-state index in [1.807, 2.05) is 13.8 Å². The minimum Gasteiger partial charge on any atom is -0.366 e. The maximum Gasteiger partial charge on any atom is 0.250 e. The van der Waals surface area contributed by atoms with Crippen molar-refractivity contribution < 1.29 is 13.2 Å². The zero-order valence-corrected chi connectivity index (χ0v) is 11.0. The van der Waals surface area contributed by atoms with Gasteiger partial charge < -0.3 is 5.73 Å². The van der Waals surface area contributed by atoms with Crippen molar-refractivity contribution in [2.24, 2.45) is 11.7 Å². The van der Waals surface area contributed by atoms with Gasteiger partial charge in [-0.15, -0.1) is 0 Å². The quantitative estimate of drug-likeness (QED) is 0.886. The Kier molecular flexibility index (Phi) is 3.93. The lowest BCUT2D eigenvalue weighted by Gasteiger charge is -2.10. The van der Waals surface area contributed by atoms with Gasteiger partial charge in [-0.05, 0) is 25.0 Å². The van der Waals surface area contributed by atoms with Crippen LogP contribution in [-0.2, 0) is 9.84 Å². The lowest BCUT2D eigenvalue weighted by Crippen LogP contribution is -2.19. The normalized spacial score (nSPS) is 11.8. The number of benzene rings is 1. The first-order valence-corrected chi connectivity index (χ1v) is 7.02. The second kappa shape index (κ2) is 4.87. The van der Waals surface area contributed by atoms with E-state index in [4.69, 9.17) is 5.73 Å². The number of sulfone groups is 1. The first kappa shape index (κ1) is 13.7. The molecule has 1 aromatic carbocycles. The molecule has 0 aliphatic heterocycles. The molecule has 0 saturated carbocycles. The summed E-state index contributed by atoms with van der Waals surface area (Å²) in [6.07, 6.45) is 0. The Hall–Kier alpha value is -1.36. The fourth-order valence-corrected chi connectivity index (χ4v) is 3.46. The summed E-state index contributed by atoms with van der Waals surface area (Å²) in [5.41, 5.74) is 6.09. The molecule has 94 valence electrons. The van der Waals surface area contributed by atoms with Gasteiger partial charge in [-0.2, -0.15) is 0 Å². The van der Waals surface area contributed by atoms with E-state index < -0.39 is 15.7 Å². The summed E-state index contributed by atoms with van der Waals surface area (Å²) in [6.45, 7) is 5.41. The number of carbonyl (C=O) groups excluding carboxylic acids is 1. The predicted octanol–water partition coefficient (Wildman–Crippen LogP) is 1.52. The van der Waals surface area contributed by atoms with Crippen molar-refractivity contribution in [3.05, 3.63) is 29.3 Å². The predicted molar refractivity (Wildman–Crippen MR) is 66.6 cm³/mol. The average molecular weight is 255 g/mol. The monoisotopic (exact) mass is 255 g/mol. The van der Waals surface area contributed by atoms with E-state index in [1.165, 1.54) is 12.1 Å². The van der Waals surface area contributed by atoms with Crippen LogP contribution in [0.4, 0.5) is 0 Å². The molecule has 0 aliphatic rings. The highest BCUT2D eigenvalue weighted by atomic mass is 32.2. The molecule has 0 spiro atoms. The van der Waals surface area contributed by atoms with Crippen LogP contribution >= 0.6 is 0 Å². The van der Waals surface area contributed by atoms with Crippen molar-refractivity contribution in [1.29, 1.82) is 0 Å². The Balaban J connectivity index is 3.36. The summed E-state index contributed by atoms with van der Waals surface area (Å²) in [5.74, 6) is -0.700. The largest absolute Gasteiger partial charge is 0.366 e. The highest BCUT2D eigenvalue weighted by molar-refractivity contribution is 7.91. The molecule has 2 N–H and O–H groups in total. The Labute approximate surface area is 102 Å².